The van der Waals surface area contributed by atoms with E-state index in [0.29, 0.717) is 19.6 Å². The fourth-order valence-electron chi connectivity index (χ4n) is 2.50. The fourth-order valence-corrected chi connectivity index (χ4v) is 2.50. The zero-order valence-corrected chi connectivity index (χ0v) is 10.3. The Morgan fingerprint density at radius 3 is 3.00 bits per heavy atom. The molecule has 0 spiro atoms. The number of carbonyl (C=O) groups is 2. The minimum Gasteiger partial charge on any atom is -0.476 e. The Kier molecular flexibility index (Phi) is 2.94. The predicted molar refractivity (Wildman–Crippen MR) is 61.9 cm³/mol. The van der Waals surface area contributed by atoms with Crippen molar-refractivity contribution in [2.75, 3.05) is 19.7 Å². The molecule has 0 radical (unpaired) electrons. The molecule has 8 heteroatoms. The first-order valence-electron chi connectivity index (χ1n) is 6.24. The van der Waals surface area contributed by atoms with Crippen molar-refractivity contribution in [1.82, 2.24) is 19.9 Å². The maximum atomic E-state index is 12.3. The Labute approximate surface area is 108 Å². The Balaban J connectivity index is 1.82. The average molecular weight is 266 g/mol. The van der Waals surface area contributed by atoms with E-state index in [9.17, 15) is 9.59 Å². The van der Waals surface area contributed by atoms with Crippen LogP contribution < -0.4 is 0 Å². The Hall–Kier alpha value is -1.96. The van der Waals surface area contributed by atoms with E-state index in [-0.39, 0.29) is 23.4 Å². The van der Waals surface area contributed by atoms with Gasteiger partial charge in [-0.2, -0.15) is 0 Å². The number of hydrogen-bond acceptors (Lipinski definition) is 5. The molecule has 19 heavy (non-hydrogen) atoms. The van der Waals surface area contributed by atoms with Crippen LogP contribution >= 0.6 is 0 Å². The zero-order chi connectivity index (χ0) is 13.4. The van der Waals surface area contributed by atoms with Gasteiger partial charge in [-0.3, -0.25) is 4.79 Å². The highest BCUT2D eigenvalue weighted by Gasteiger charge is 2.34. The number of ether oxygens (including phenoxy) is 1. The molecule has 2 aliphatic heterocycles. The summed E-state index contributed by atoms with van der Waals surface area (Å²) in [5.74, 6) is -1.56. The van der Waals surface area contributed by atoms with Gasteiger partial charge in [0.05, 0.1) is 12.6 Å². The van der Waals surface area contributed by atoms with E-state index >= 15 is 0 Å². The van der Waals surface area contributed by atoms with Crippen molar-refractivity contribution in [3.05, 3.63) is 11.4 Å². The van der Waals surface area contributed by atoms with Gasteiger partial charge < -0.3 is 14.7 Å². The molecular weight excluding hydrogens is 252 g/mol. The summed E-state index contributed by atoms with van der Waals surface area (Å²) >= 11 is 0. The molecule has 1 amide bonds. The molecule has 1 atom stereocenters. The topological polar surface area (TPSA) is 97.5 Å². The van der Waals surface area contributed by atoms with Crippen LogP contribution in [0.2, 0.25) is 0 Å². The number of aromatic nitrogens is 3. The van der Waals surface area contributed by atoms with Crippen LogP contribution in [0.15, 0.2) is 0 Å². The highest BCUT2D eigenvalue weighted by Crippen LogP contribution is 2.19. The number of rotatable bonds is 3. The lowest BCUT2D eigenvalue weighted by Crippen LogP contribution is -2.44. The molecule has 3 rings (SSSR count). The number of nitrogens with zero attached hydrogens (tertiary/aromatic N) is 4. The van der Waals surface area contributed by atoms with Crippen LogP contribution in [0.25, 0.3) is 0 Å². The number of carboxylic acid groups (broad SMARTS) is 1. The molecule has 2 aliphatic rings. The number of hydrogen-bond donors (Lipinski definition) is 1. The summed E-state index contributed by atoms with van der Waals surface area (Å²) in [6.45, 7) is 2.21. The van der Waals surface area contributed by atoms with Gasteiger partial charge in [0, 0.05) is 19.7 Å². The van der Waals surface area contributed by atoms with Gasteiger partial charge in [-0.05, 0) is 12.8 Å². The Morgan fingerprint density at radius 1 is 1.47 bits per heavy atom. The van der Waals surface area contributed by atoms with Gasteiger partial charge in [-0.1, -0.05) is 5.21 Å². The third-order valence-corrected chi connectivity index (χ3v) is 3.46. The van der Waals surface area contributed by atoms with Crippen LogP contribution in [0.1, 0.15) is 33.8 Å². The quantitative estimate of drug-likeness (QED) is 0.800. The second-order valence-corrected chi connectivity index (χ2v) is 4.70. The minimum atomic E-state index is -1.23. The van der Waals surface area contributed by atoms with Crippen molar-refractivity contribution in [3.63, 3.8) is 0 Å². The van der Waals surface area contributed by atoms with E-state index < -0.39 is 5.97 Å². The molecule has 1 aromatic rings. The van der Waals surface area contributed by atoms with E-state index in [1.807, 2.05) is 0 Å². The second-order valence-electron chi connectivity index (χ2n) is 4.70. The summed E-state index contributed by atoms with van der Waals surface area (Å²) in [6.07, 6.45) is 2.00. The number of aromatic carboxylic acids is 1. The number of fused-ring (bicyclic) bond motifs is 1. The van der Waals surface area contributed by atoms with Crippen LogP contribution in [0.3, 0.4) is 0 Å². The van der Waals surface area contributed by atoms with Crippen molar-refractivity contribution < 1.29 is 19.4 Å². The lowest BCUT2D eigenvalue weighted by atomic mass is 10.2. The van der Waals surface area contributed by atoms with Crippen LogP contribution in [-0.4, -0.2) is 62.7 Å². The summed E-state index contributed by atoms with van der Waals surface area (Å²) in [5.41, 5.74) is -0.209. The van der Waals surface area contributed by atoms with Gasteiger partial charge in [0.2, 0.25) is 5.69 Å². The van der Waals surface area contributed by atoms with E-state index in [0.717, 1.165) is 19.4 Å². The molecule has 0 aliphatic carbocycles. The summed E-state index contributed by atoms with van der Waals surface area (Å²) in [4.78, 5) is 24.9. The monoisotopic (exact) mass is 266 g/mol. The first kappa shape index (κ1) is 12.1. The molecule has 0 unspecified atom stereocenters. The SMILES string of the molecule is O=C(O)c1nnn2c1C(=O)N(C[C@H]1CCCO1)CC2. The molecule has 3 heterocycles. The van der Waals surface area contributed by atoms with Crippen LogP contribution in [0, 0.1) is 0 Å². The highest BCUT2D eigenvalue weighted by molar-refractivity contribution is 6.02. The maximum absolute atomic E-state index is 12.3. The largest absolute Gasteiger partial charge is 0.476 e. The van der Waals surface area contributed by atoms with Gasteiger partial charge in [0.1, 0.15) is 0 Å². The smallest absolute Gasteiger partial charge is 0.358 e. The summed E-state index contributed by atoms with van der Waals surface area (Å²) < 4.78 is 6.86. The molecule has 1 N–H and O–H groups in total. The van der Waals surface area contributed by atoms with Gasteiger partial charge >= 0.3 is 5.97 Å². The van der Waals surface area contributed by atoms with Gasteiger partial charge in [-0.15, -0.1) is 5.10 Å². The third kappa shape index (κ3) is 2.07. The highest BCUT2D eigenvalue weighted by atomic mass is 16.5. The average Bonchev–Trinajstić information content (AvgIpc) is 3.01. The first-order valence-corrected chi connectivity index (χ1v) is 6.24. The Bertz CT molecular complexity index is 521. The lowest BCUT2D eigenvalue weighted by molar-refractivity contribution is 0.0461. The molecule has 0 saturated carbocycles. The van der Waals surface area contributed by atoms with Crippen molar-refractivity contribution in [2.24, 2.45) is 0 Å². The molecule has 8 nitrogen and oxygen atoms in total. The zero-order valence-electron chi connectivity index (χ0n) is 10.3. The fraction of sp³-hybridized carbons (Fsp3) is 0.636. The molecule has 0 bridgehead atoms. The van der Waals surface area contributed by atoms with E-state index in [4.69, 9.17) is 9.84 Å². The van der Waals surface area contributed by atoms with Crippen LogP contribution in [0.4, 0.5) is 0 Å². The van der Waals surface area contributed by atoms with Gasteiger partial charge in [0.15, 0.2) is 5.69 Å². The molecular formula is C11H14N4O4. The standard InChI is InChI=1S/C11H14N4O4/c16-10-9-8(11(17)18)12-13-15(9)4-3-14(10)6-7-2-1-5-19-7/h7H,1-6H2,(H,17,18)/t7-/m1/s1. The second kappa shape index (κ2) is 4.61. The van der Waals surface area contributed by atoms with E-state index in [1.165, 1.54) is 4.68 Å². The van der Waals surface area contributed by atoms with E-state index in [1.54, 1.807) is 4.90 Å². The maximum Gasteiger partial charge on any atom is 0.358 e. The molecule has 1 fully saturated rings. The van der Waals surface area contributed by atoms with Crippen molar-refractivity contribution in [1.29, 1.82) is 0 Å². The predicted octanol–water partition coefficient (Wildman–Crippen LogP) is -0.389. The van der Waals surface area contributed by atoms with Crippen molar-refractivity contribution in [2.45, 2.75) is 25.5 Å². The van der Waals surface area contributed by atoms with E-state index in [2.05, 4.69) is 10.3 Å². The normalized spacial score (nSPS) is 22.6. The lowest BCUT2D eigenvalue weighted by Gasteiger charge is -2.29. The molecule has 102 valence electrons. The summed E-state index contributed by atoms with van der Waals surface area (Å²) in [7, 11) is 0. The number of carboxylic acids is 1. The summed E-state index contributed by atoms with van der Waals surface area (Å²) in [6, 6.07) is 0. The van der Waals surface area contributed by atoms with Gasteiger partial charge in [0.25, 0.3) is 5.91 Å². The van der Waals surface area contributed by atoms with Crippen LogP contribution in [0.5, 0.6) is 0 Å². The minimum absolute atomic E-state index is 0.0552. The molecule has 1 saturated heterocycles. The number of amides is 1. The first-order chi connectivity index (χ1) is 9.16. The molecule has 0 aromatic carbocycles. The van der Waals surface area contributed by atoms with Crippen LogP contribution in [-0.2, 0) is 11.3 Å². The van der Waals surface area contributed by atoms with Gasteiger partial charge in [-0.25, -0.2) is 9.48 Å². The number of carbonyl (C=O) groups excluding carboxylic acids is 1. The Morgan fingerprint density at radius 2 is 2.32 bits per heavy atom. The third-order valence-electron chi connectivity index (χ3n) is 3.46. The van der Waals surface area contributed by atoms with Crippen molar-refractivity contribution >= 4 is 11.9 Å². The molecule has 1 aromatic heterocycles. The summed E-state index contributed by atoms with van der Waals surface area (Å²) in [5, 5.41) is 16.3. The van der Waals surface area contributed by atoms with Crippen molar-refractivity contribution in [3.8, 4) is 0 Å².